The molecular formula is C16H16F2N2O4S. The second kappa shape index (κ2) is 7.58. The summed E-state index contributed by atoms with van der Waals surface area (Å²) in [6.07, 6.45) is 0. The van der Waals surface area contributed by atoms with Gasteiger partial charge in [-0.15, -0.1) is 0 Å². The zero-order chi connectivity index (χ0) is 18.6. The average Bonchev–Trinajstić information content (AvgIpc) is 2.56. The molecule has 2 aromatic carbocycles. The molecule has 2 N–H and O–H groups in total. The molecule has 0 aliphatic heterocycles. The maximum atomic E-state index is 12.5. The van der Waals surface area contributed by atoms with Gasteiger partial charge < -0.3 is 10.5 Å². The van der Waals surface area contributed by atoms with Gasteiger partial charge in [-0.1, -0.05) is 12.1 Å². The van der Waals surface area contributed by atoms with Gasteiger partial charge in [0.1, 0.15) is 5.75 Å². The van der Waals surface area contributed by atoms with Crippen LogP contribution in [0.15, 0.2) is 53.4 Å². The molecule has 134 valence electrons. The molecule has 0 aliphatic rings. The lowest BCUT2D eigenvalue weighted by molar-refractivity contribution is -0.0498. The van der Waals surface area contributed by atoms with E-state index >= 15 is 0 Å². The number of amides is 1. The van der Waals surface area contributed by atoms with Crippen LogP contribution in [0.25, 0.3) is 0 Å². The summed E-state index contributed by atoms with van der Waals surface area (Å²) in [5.74, 6) is -0.658. The molecule has 1 amide bonds. The Morgan fingerprint density at radius 3 is 2.16 bits per heavy atom. The van der Waals surface area contributed by atoms with Gasteiger partial charge in [-0.2, -0.15) is 13.1 Å². The van der Waals surface area contributed by atoms with Crippen molar-refractivity contribution in [2.45, 2.75) is 18.1 Å². The molecule has 0 fully saturated rings. The molecular weight excluding hydrogens is 354 g/mol. The fourth-order valence-corrected chi connectivity index (χ4v) is 3.25. The normalized spacial score (nSPS) is 11.7. The topological polar surface area (TPSA) is 89.7 Å². The van der Waals surface area contributed by atoms with Crippen LogP contribution >= 0.6 is 0 Å². The maximum absolute atomic E-state index is 12.5. The van der Waals surface area contributed by atoms with Crippen LogP contribution in [0.3, 0.4) is 0 Å². The van der Waals surface area contributed by atoms with Crippen LogP contribution in [-0.2, 0) is 16.6 Å². The number of carbonyl (C=O) groups is 1. The Kier molecular flexibility index (Phi) is 5.70. The van der Waals surface area contributed by atoms with E-state index in [0.717, 1.165) is 4.31 Å². The predicted molar refractivity (Wildman–Crippen MR) is 86.7 cm³/mol. The minimum absolute atomic E-state index is 0.00805. The second-order valence-corrected chi connectivity index (χ2v) is 7.22. The molecule has 0 heterocycles. The predicted octanol–water partition coefficient (Wildman–Crippen LogP) is 2.21. The summed E-state index contributed by atoms with van der Waals surface area (Å²) in [5.41, 5.74) is 5.92. The van der Waals surface area contributed by atoms with E-state index in [1.807, 2.05) is 0 Å². The van der Waals surface area contributed by atoms with Crippen molar-refractivity contribution in [2.24, 2.45) is 5.73 Å². The first-order valence-corrected chi connectivity index (χ1v) is 8.54. The minimum Gasteiger partial charge on any atom is -0.435 e. The summed E-state index contributed by atoms with van der Waals surface area (Å²) in [5, 5.41) is 0. The van der Waals surface area contributed by atoms with Gasteiger partial charge in [-0.25, -0.2) is 8.42 Å². The summed E-state index contributed by atoms with van der Waals surface area (Å²) >= 11 is 0. The van der Waals surface area contributed by atoms with Crippen LogP contribution in [0.1, 0.15) is 15.9 Å². The number of hydrogen-bond donors (Lipinski definition) is 1. The van der Waals surface area contributed by atoms with Gasteiger partial charge in [0, 0.05) is 19.2 Å². The van der Waals surface area contributed by atoms with E-state index in [9.17, 15) is 22.0 Å². The number of hydrogen-bond acceptors (Lipinski definition) is 4. The Bertz CT molecular complexity index is 837. The highest BCUT2D eigenvalue weighted by molar-refractivity contribution is 7.89. The fraction of sp³-hybridized carbons (Fsp3) is 0.188. The first-order valence-electron chi connectivity index (χ1n) is 7.10. The molecule has 0 radical (unpaired) electrons. The third kappa shape index (κ3) is 4.74. The molecule has 0 spiro atoms. The number of ether oxygens (including phenoxy) is 1. The number of sulfonamides is 1. The Labute approximate surface area is 143 Å². The lowest BCUT2D eigenvalue weighted by atomic mass is 10.2. The van der Waals surface area contributed by atoms with Crippen molar-refractivity contribution in [3.05, 3.63) is 59.7 Å². The van der Waals surface area contributed by atoms with Crippen molar-refractivity contribution in [1.82, 2.24) is 4.31 Å². The number of primary amides is 1. The van der Waals surface area contributed by atoms with E-state index in [4.69, 9.17) is 5.73 Å². The zero-order valence-corrected chi connectivity index (χ0v) is 14.0. The van der Waals surface area contributed by atoms with Gasteiger partial charge in [0.05, 0.1) is 4.90 Å². The molecule has 2 rings (SSSR count). The van der Waals surface area contributed by atoms with E-state index in [-0.39, 0.29) is 22.8 Å². The molecule has 2 aromatic rings. The number of rotatable bonds is 7. The van der Waals surface area contributed by atoms with Crippen molar-refractivity contribution in [1.29, 1.82) is 0 Å². The van der Waals surface area contributed by atoms with Gasteiger partial charge in [0.2, 0.25) is 15.9 Å². The van der Waals surface area contributed by atoms with Gasteiger partial charge in [-0.3, -0.25) is 4.79 Å². The highest BCUT2D eigenvalue weighted by Gasteiger charge is 2.21. The lowest BCUT2D eigenvalue weighted by Crippen LogP contribution is -2.26. The van der Waals surface area contributed by atoms with Gasteiger partial charge >= 0.3 is 6.61 Å². The Morgan fingerprint density at radius 2 is 1.68 bits per heavy atom. The number of nitrogens with two attached hydrogens (primary N) is 1. The molecule has 0 saturated carbocycles. The summed E-state index contributed by atoms with van der Waals surface area (Å²) in [6, 6.07) is 10.9. The van der Waals surface area contributed by atoms with Crippen LogP contribution in [0.2, 0.25) is 0 Å². The largest absolute Gasteiger partial charge is 0.435 e. The van der Waals surface area contributed by atoms with Crippen LogP contribution in [0.5, 0.6) is 5.75 Å². The third-order valence-corrected chi connectivity index (χ3v) is 5.22. The van der Waals surface area contributed by atoms with E-state index in [0.29, 0.717) is 5.56 Å². The van der Waals surface area contributed by atoms with E-state index in [1.54, 1.807) is 0 Å². The zero-order valence-electron chi connectivity index (χ0n) is 13.2. The number of nitrogens with zero attached hydrogens (tertiary/aromatic N) is 1. The fourth-order valence-electron chi connectivity index (χ4n) is 2.09. The van der Waals surface area contributed by atoms with E-state index < -0.39 is 22.5 Å². The number of benzene rings is 2. The molecule has 0 saturated heterocycles. The SMILES string of the molecule is CN(Cc1ccc(OC(F)F)cc1)S(=O)(=O)c1ccc(C(N)=O)cc1. The summed E-state index contributed by atoms with van der Waals surface area (Å²) in [6.45, 7) is -2.88. The third-order valence-electron chi connectivity index (χ3n) is 3.40. The molecule has 0 unspecified atom stereocenters. The summed E-state index contributed by atoms with van der Waals surface area (Å²) in [7, 11) is -2.39. The molecule has 0 atom stereocenters. The van der Waals surface area contributed by atoms with Gasteiger partial charge in [0.15, 0.2) is 0 Å². The molecule has 25 heavy (non-hydrogen) atoms. The first-order chi connectivity index (χ1) is 11.7. The second-order valence-electron chi connectivity index (χ2n) is 5.17. The Morgan fingerprint density at radius 1 is 1.12 bits per heavy atom. The molecule has 6 nitrogen and oxygen atoms in total. The maximum Gasteiger partial charge on any atom is 0.387 e. The number of alkyl halides is 2. The highest BCUT2D eigenvalue weighted by Crippen LogP contribution is 2.20. The number of halogens is 2. The molecule has 9 heteroatoms. The Balaban J connectivity index is 2.12. The van der Waals surface area contributed by atoms with E-state index in [1.165, 1.54) is 55.6 Å². The standard InChI is InChI=1S/C16H16F2N2O4S/c1-20(10-11-2-6-13(7-3-11)24-16(17)18)25(22,23)14-8-4-12(5-9-14)15(19)21/h2-9,16H,10H2,1H3,(H2,19,21). The molecule has 0 aliphatic carbocycles. The van der Waals surface area contributed by atoms with E-state index in [2.05, 4.69) is 4.74 Å². The lowest BCUT2D eigenvalue weighted by Gasteiger charge is -2.17. The molecule has 0 bridgehead atoms. The van der Waals surface area contributed by atoms with Crippen molar-refractivity contribution in [3.8, 4) is 5.75 Å². The minimum atomic E-state index is -3.78. The Hall–Kier alpha value is -2.52. The van der Waals surface area contributed by atoms with Crippen LogP contribution in [0, 0.1) is 0 Å². The summed E-state index contributed by atoms with van der Waals surface area (Å²) in [4.78, 5) is 11.0. The summed E-state index contributed by atoms with van der Waals surface area (Å²) < 4.78 is 54.6. The first kappa shape index (κ1) is 18.8. The van der Waals surface area contributed by atoms with Gasteiger partial charge in [0.25, 0.3) is 0 Å². The van der Waals surface area contributed by atoms with Crippen molar-refractivity contribution >= 4 is 15.9 Å². The van der Waals surface area contributed by atoms with Gasteiger partial charge in [-0.05, 0) is 42.0 Å². The van der Waals surface area contributed by atoms with Crippen LogP contribution in [0.4, 0.5) is 8.78 Å². The van der Waals surface area contributed by atoms with Crippen molar-refractivity contribution < 1.29 is 26.7 Å². The smallest absolute Gasteiger partial charge is 0.387 e. The quantitative estimate of drug-likeness (QED) is 0.809. The number of carbonyl (C=O) groups excluding carboxylic acids is 1. The van der Waals surface area contributed by atoms with Crippen LogP contribution in [-0.4, -0.2) is 32.3 Å². The van der Waals surface area contributed by atoms with Crippen LogP contribution < -0.4 is 10.5 Å². The molecule has 0 aromatic heterocycles. The van der Waals surface area contributed by atoms with Crippen molar-refractivity contribution in [3.63, 3.8) is 0 Å². The monoisotopic (exact) mass is 370 g/mol. The average molecular weight is 370 g/mol. The highest BCUT2D eigenvalue weighted by atomic mass is 32.2. The van der Waals surface area contributed by atoms with Crippen molar-refractivity contribution in [2.75, 3.05) is 7.05 Å².